The molecule has 0 amide bonds. The van der Waals surface area contributed by atoms with Crippen molar-refractivity contribution in [2.75, 3.05) is 7.05 Å². The third-order valence-electron chi connectivity index (χ3n) is 0.289. The van der Waals surface area contributed by atoms with E-state index in [1.54, 1.807) is 0 Å². The van der Waals surface area contributed by atoms with Crippen LogP contribution < -0.4 is 5.32 Å². The molecule has 26 valence electrons. The Hall–Kier alpha value is 1.06. The summed E-state index contributed by atoms with van der Waals surface area (Å²) in [7, 11) is 1.88. The molecule has 0 saturated heterocycles. The molecule has 0 aliphatic rings. The first-order chi connectivity index (χ1) is 1.91. The van der Waals surface area contributed by atoms with Crippen LogP contribution in [-0.2, 0) is 32.7 Å². The van der Waals surface area contributed by atoms with Gasteiger partial charge in [-0.2, -0.15) is 6.92 Å². The van der Waals surface area contributed by atoms with Gasteiger partial charge >= 0.3 is 32.7 Å². The molecule has 0 atom stereocenters. The summed E-state index contributed by atoms with van der Waals surface area (Å²) in [5, 5.41) is 2.81. The van der Waals surface area contributed by atoms with Crippen molar-refractivity contribution in [3.8, 4) is 0 Å². The first kappa shape index (κ1) is 9.42. The molecule has 0 radical (unpaired) electrons. The van der Waals surface area contributed by atoms with E-state index in [0.29, 0.717) is 0 Å². The first-order valence-corrected chi connectivity index (χ1v) is 1.37. The number of nitrogens with one attached hydrogen (secondary N) is 1. The van der Waals surface area contributed by atoms with Gasteiger partial charge in [-0.05, 0) is 7.05 Å². The van der Waals surface area contributed by atoms with Crippen molar-refractivity contribution in [2.45, 2.75) is 6.92 Å². The van der Waals surface area contributed by atoms with E-state index in [-0.39, 0.29) is 32.7 Å². The zero-order valence-corrected chi connectivity index (χ0v) is 6.49. The summed E-state index contributed by atoms with van der Waals surface area (Å²) in [4.78, 5) is 0. The molecule has 0 rings (SSSR count). The second kappa shape index (κ2) is 8.91. The Bertz CT molecular complexity index is 8.85. The molecule has 0 bridgehead atoms. The Balaban J connectivity index is 0. The predicted molar refractivity (Wildman–Crippen MR) is 19.0 cm³/mol. The number of hydrogen-bond acceptors (Lipinski definition) is 1. The molecule has 0 unspecified atom stereocenters. The zero-order valence-electron chi connectivity index (χ0n) is 3.65. The van der Waals surface area contributed by atoms with Crippen LogP contribution in [0, 0.1) is 6.54 Å². The second-order valence-electron chi connectivity index (χ2n) is 0.577. The zero-order chi connectivity index (χ0) is 3.41. The summed E-state index contributed by atoms with van der Waals surface area (Å²) in [6.07, 6.45) is 0. The first-order valence-electron chi connectivity index (χ1n) is 1.37. The third kappa shape index (κ3) is 11.2. The Morgan fingerprint density at radius 3 is 1.80 bits per heavy atom. The van der Waals surface area contributed by atoms with Crippen molar-refractivity contribution in [1.29, 1.82) is 0 Å². The van der Waals surface area contributed by atoms with E-state index < -0.39 is 0 Å². The number of rotatable bonds is 1. The van der Waals surface area contributed by atoms with Gasteiger partial charge < -0.3 is 5.32 Å². The van der Waals surface area contributed by atoms with Gasteiger partial charge in [-0.15, -0.1) is 0 Å². The fraction of sp³-hybridized carbons (Fsp3) is 0.667. The molecule has 0 heterocycles. The summed E-state index contributed by atoms with van der Waals surface area (Å²) in [6, 6.07) is 0. The summed E-state index contributed by atoms with van der Waals surface area (Å²) in [5.74, 6) is 0. The van der Waals surface area contributed by atoms with Crippen LogP contribution in [0.3, 0.4) is 0 Å². The Labute approximate surface area is 58.4 Å². The van der Waals surface area contributed by atoms with Crippen molar-refractivity contribution in [3.63, 3.8) is 0 Å². The van der Waals surface area contributed by atoms with Crippen LogP contribution in [0.25, 0.3) is 0 Å². The maximum absolute atomic E-state index is 2.81. The molecule has 1 nitrogen and oxygen atoms in total. The van der Waals surface area contributed by atoms with Gasteiger partial charge in [0.05, 0.1) is 0 Å². The molecule has 0 spiro atoms. The van der Waals surface area contributed by atoms with E-state index in [0.717, 1.165) is 0 Å². The maximum Gasteiger partial charge on any atom is 3.00 e. The monoisotopic (exact) mass is 147 g/mol. The molecule has 1 N–H and O–H groups in total. The van der Waals surface area contributed by atoms with Gasteiger partial charge in [0.15, 0.2) is 0 Å². The molecule has 0 aliphatic heterocycles. The van der Waals surface area contributed by atoms with E-state index in [2.05, 4.69) is 5.32 Å². The molecule has 0 aromatic carbocycles. The van der Waals surface area contributed by atoms with Gasteiger partial charge in [-0.25, -0.2) is 0 Å². The van der Waals surface area contributed by atoms with Crippen molar-refractivity contribution in [2.24, 2.45) is 0 Å². The quantitative estimate of drug-likeness (QED) is 0.529. The van der Waals surface area contributed by atoms with Crippen LogP contribution in [0.1, 0.15) is 6.92 Å². The van der Waals surface area contributed by atoms with E-state index in [1.165, 1.54) is 0 Å². The molecule has 0 aromatic rings. The third-order valence-corrected chi connectivity index (χ3v) is 0.289. The molecule has 0 fully saturated rings. The summed E-state index contributed by atoms with van der Waals surface area (Å²) in [5.41, 5.74) is 0. The molecule has 5 heavy (non-hydrogen) atoms. The maximum atomic E-state index is 2.81. The van der Waals surface area contributed by atoms with Gasteiger partial charge in [0.2, 0.25) is 0 Å². The van der Waals surface area contributed by atoms with Crippen LogP contribution in [-0.4, -0.2) is 7.05 Å². The van der Waals surface area contributed by atoms with Crippen LogP contribution >= 0.6 is 0 Å². The van der Waals surface area contributed by atoms with Gasteiger partial charge in [-0.1, -0.05) is 0 Å². The standard InChI is InChI=1S/C3H8N.Y/c1-3-4-2;/h3-4H,1-2H3;/q-1;+3. The molecular weight excluding hydrogens is 139 g/mol. The molecule has 0 saturated carbocycles. The Kier molecular flexibility index (Phi) is 16.8. The Morgan fingerprint density at radius 2 is 1.80 bits per heavy atom. The van der Waals surface area contributed by atoms with Crippen molar-refractivity contribution >= 4 is 0 Å². The summed E-state index contributed by atoms with van der Waals surface area (Å²) >= 11 is 0. The van der Waals surface area contributed by atoms with E-state index in [4.69, 9.17) is 0 Å². The number of hydrogen-bond donors (Lipinski definition) is 1. The van der Waals surface area contributed by atoms with E-state index >= 15 is 0 Å². The molecule has 0 aromatic heterocycles. The topological polar surface area (TPSA) is 12.0 Å². The minimum Gasteiger partial charge on any atom is -0.473 e. The normalized spacial score (nSPS) is 6.00. The minimum atomic E-state index is 0. The van der Waals surface area contributed by atoms with Crippen molar-refractivity contribution < 1.29 is 32.7 Å². The van der Waals surface area contributed by atoms with Crippen molar-refractivity contribution in [1.82, 2.24) is 5.32 Å². The molecule has 0 aliphatic carbocycles. The van der Waals surface area contributed by atoms with Crippen LogP contribution in [0.4, 0.5) is 0 Å². The second-order valence-corrected chi connectivity index (χ2v) is 0.577. The van der Waals surface area contributed by atoms with Crippen LogP contribution in [0.2, 0.25) is 0 Å². The minimum absolute atomic E-state index is 0. The average Bonchev–Trinajstić information content (AvgIpc) is 1.37. The predicted octanol–water partition coefficient (Wildman–Crippen LogP) is 0.385. The largest absolute Gasteiger partial charge is 3.00 e. The summed E-state index contributed by atoms with van der Waals surface area (Å²) in [6.45, 7) is 3.82. The van der Waals surface area contributed by atoms with Crippen molar-refractivity contribution in [3.05, 3.63) is 6.54 Å². The van der Waals surface area contributed by atoms with Crippen LogP contribution in [0.15, 0.2) is 0 Å². The van der Waals surface area contributed by atoms with Crippen LogP contribution in [0.5, 0.6) is 0 Å². The summed E-state index contributed by atoms with van der Waals surface area (Å²) < 4.78 is 0. The van der Waals surface area contributed by atoms with Gasteiger partial charge in [0, 0.05) is 0 Å². The van der Waals surface area contributed by atoms with E-state index in [9.17, 15) is 0 Å². The fourth-order valence-electron chi connectivity index (χ4n) is 0. The smallest absolute Gasteiger partial charge is 0.473 e. The SMILES string of the molecule is C[CH-]NC.[Y+3]. The van der Waals surface area contributed by atoms with Gasteiger partial charge in [0.1, 0.15) is 0 Å². The van der Waals surface area contributed by atoms with E-state index in [1.807, 2.05) is 20.5 Å². The van der Waals surface area contributed by atoms with Gasteiger partial charge in [0.25, 0.3) is 0 Å². The fourth-order valence-corrected chi connectivity index (χ4v) is 0. The molecule has 2 heteroatoms. The average molecular weight is 147 g/mol. The Morgan fingerprint density at radius 1 is 1.60 bits per heavy atom. The molecular formula is C3H8NY+2. The van der Waals surface area contributed by atoms with Gasteiger partial charge in [-0.3, -0.25) is 6.54 Å².